The standard InChI is InChI=1S/C16H12ClF2NO2/c17-4-1-5-22-10-2-3-11-13(8-10)20-14-7-9(18)6-12(19)15(14)16(11)21/h2-3,6-8H,1,4-5H2,(H,20,21). The van der Waals surface area contributed by atoms with Crippen LogP contribution >= 0.6 is 11.6 Å². The number of aromatic nitrogens is 1. The molecule has 0 saturated heterocycles. The van der Waals surface area contributed by atoms with Crippen molar-refractivity contribution in [3.8, 4) is 5.75 Å². The van der Waals surface area contributed by atoms with Crippen LogP contribution in [0.25, 0.3) is 21.8 Å². The van der Waals surface area contributed by atoms with Crippen molar-refractivity contribution in [1.82, 2.24) is 4.98 Å². The van der Waals surface area contributed by atoms with Gasteiger partial charge in [-0.2, -0.15) is 0 Å². The molecule has 0 radical (unpaired) electrons. The molecule has 0 aliphatic heterocycles. The molecule has 3 rings (SSSR count). The molecule has 1 heterocycles. The summed E-state index contributed by atoms with van der Waals surface area (Å²) in [4.78, 5) is 15.2. The number of halogens is 3. The molecule has 3 nitrogen and oxygen atoms in total. The molecular formula is C16H12ClF2NO2. The second-order valence-corrected chi connectivity index (χ2v) is 5.24. The van der Waals surface area contributed by atoms with Gasteiger partial charge < -0.3 is 9.72 Å². The molecule has 1 N–H and O–H groups in total. The number of rotatable bonds is 4. The summed E-state index contributed by atoms with van der Waals surface area (Å²) in [6.07, 6.45) is 0.699. The second-order valence-electron chi connectivity index (χ2n) is 4.86. The Bertz CT molecular complexity index is 908. The van der Waals surface area contributed by atoms with Crippen molar-refractivity contribution in [3.63, 3.8) is 0 Å². The minimum Gasteiger partial charge on any atom is -0.493 e. The van der Waals surface area contributed by atoms with Gasteiger partial charge in [-0.25, -0.2) is 8.78 Å². The number of ether oxygens (including phenoxy) is 1. The van der Waals surface area contributed by atoms with Crippen LogP contribution in [0.3, 0.4) is 0 Å². The van der Waals surface area contributed by atoms with Crippen molar-refractivity contribution in [1.29, 1.82) is 0 Å². The number of benzene rings is 2. The van der Waals surface area contributed by atoms with Gasteiger partial charge >= 0.3 is 0 Å². The summed E-state index contributed by atoms with van der Waals surface area (Å²) < 4.78 is 32.6. The van der Waals surface area contributed by atoms with Crippen LogP contribution in [0.15, 0.2) is 35.1 Å². The summed E-state index contributed by atoms with van der Waals surface area (Å²) >= 11 is 5.58. The lowest BCUT2D eigenvalue weighted by atomic mass is 10.1. The first kappa shape index (κ1) is 14.8. The van der Waals surface area contributed by atoms with E-state index in [9.17, 15) is 13.6 Å². The van der Waals surface area contributed by atoms with Gasteiger partial charge in [-0.1, -0.05) is 0 Å². The predicted molar refractivity (Wildman–Crippen MR) is 82.8 cm³/mol. The molecule has 6 heteroatoms. The normalized spacial score (nSPS) is 11.2. The fourth-order valence-corrected chi connectivity index (χ4v) is 2.45. The number of fused-ring (bicyclic) bond motifs is 2. The Balaban J connectivity index is 2.17. The van der Waals surface area contributed by atoms with E-state index in [0.717, 1.165) is 6.07 Å². The number of hydrogen-bond donors (Lipinski definition) is 1. The summed E-state index contributed by atoms with van der Waals surface area (Å²) in [6.45, 7) is 0.454. The summed E-state index contributed by atoms with van der Waals surface area (Å²) in [6, 6.07) is 6.63. The van der Waals surface area contributed by atoms with Gasteiger partial charge in [-0.15, -0.1) is 11.6 Å². The Kier molecular flexibility index (Phi) is 3.98. The Morgan fingerprint density at radius 3 is 2.73 bits per heavy atom. The minimum absolute atomic E-state index is 0.118. The van der Waals surface area contributed by atoms with Crippen LogP contribution in [0.4, 0.5) is 8.78 Å². The van der Waals surface area contributed by atoms with Crippen molar-refractivity contribution < 1.29 is 13.5 Å². The molecule has 2 aromatic carbocycles. The molecule has 0 aliphatic rings. The largest absolute Gasteiger partial charge is 0.493 e. The summed E-state index contributed by atoms with van der Waals surface area (Å²) in [7, 11) is 0. The van der Waals surface area contributed by atoms with Crippen molar-refractivity contribution >= 4 is 33.4 Å². The van der Waals surface area contributed by atoms with Crippen molar-refractivity contribution in [2.45, 2.75) is 6.42 Å². The van der Waals surface area contributed by atoms with Crippen LogP contribution in [0.1, 0.15) is 6.42 Å². The van der Waals surface area contributed by atoms with Crippen LogP contribution in [0, 0.1) is 11.6 Å². The monoisotopic (exact) mass is 323 g/mol. The predicted octanol–water partition coefficient (Wildman–Crippen LogP) is 3.97. The topological polar surface area (TPSA) is 42.1 Å². The lowest BCUT2D eigenvalue weighted by molar-refractivity contribution is 0.318. The molecule has 0 aliphatic carbocycles. The number of H-pyrrole nitrogens is 1. The van der Waals surface area contributed by atoms with Crippen molar-refractivity contribution in [3.05, 3.63) is 52.2 Å². The van der Waals surface area contributed by atoms with Crippen LogP contribution in [-0.2, 0) is 0 Å². The maximum atomic E-state index is 13.8. The van der Waals surface area contributed by atoms with E-state index in [1.807, 2.05) is 0 Å². The Morgan fingerprint density at radius 1 is 1.14 bits per heavy atom. The van der Waals surface area contributed by atoms with E-state index in [-0.39, 0.29) is 10.9 Å². The molecule has 0 unspecified atom stereocenters. The molecule has 114 valence electrons. The van der Waals surface area contributed by atoms with E-state index in [1.165, 1.54) is 0 Å². The number of nitrogens with one attached hydrogen (secondary N) is 1. The third-order valence-corrected chi connectivity index (χ3v) is 3.60. The lowest BCUT2D eigenvalue weighted by Gasteiger charge is -2.08. The van der Waals surface area contributed by atoms with Gasteiger partial charge in [0.15, 0.2) is 5.43 Å². The van der Waals surface area contributed by atoms with Crippen LogP contribution in [0.5, 0.6) is 5.75 Å². The third-order valence-electron chi connectivity index (χ3n) is 3.33. The number of pyridine rings is 1. The van der Waals surface area contributed by atoms with Crippen molar-refractivity contribution in [2.24, 2.45) is 0 Å². The van der Waals surface area contributed by atoms with E-state index in [0.29, 0.717) is 41.6 Å². The average Bonchev–Trinajstić information content (AvgIpc) is 2.46. The van der Waals surface area contributed by atoms with Gasteiger partial charge in [0, 0.05) is 23.4 Å². The zero-order valence-electron chi connectivity index (χ0n) is 11.5. The Morgan fingerprint density at radius 2 is 1.95 bits per heavy atom. The van der Waals surface area contributed by atoms with Gasteiger partial charge in [-0.05, 0) is 24.6 Å². The summed E-state index contributed by atoms with van der Waals surface area (Å²) in [5.41, 5.74) is 0.104. The molecule has 0 amide bonds. The highest BCUT2D eigenvalue weighted by molar-refractivity contribution is 6.17. The SMILES string of the molecule is O=c1c2ccc(OCCCCl)cc2[nH]c2cc(F)cc(F)c12. The molecule has 0 atom stereocenters. The number of hydrogen-bond acceptors (Lipinski definition) is 2. The maximum Gasteiger partial charge on any atom is 0.200 e. The fraction of sp³-hybridized carbons (Fsp3) is 0.188. The van der Waals surface area contributed by atoms with E-state index in [2.05, 4.69) is 4.98 Å². The second kappa shape index (κ2) is 5.93. The molecular weight excluding hydrogens is 312 g/mol. The first-order valence-corrected chi connectivity index (χ1v) is 7.27. The third kappa shape index (κ3) is 2.64. The quantitative estimate of drug-likeness (QED) is 0.448. The van der Waals surface area contributed by atoms with Gasteiger partial charge in [0.25, 0.3) is 0 Å². The average molecular weight is 324 g/mol. The Hall–Kier alpha value is -2.14. The zero-order valence-corrected chi connectivity index (χ0v) is 12.2. The first-order chi connectivity index (χ1) is 10.6. The van der Waals surface area contributed by atoms with E-state index in [1.54, 1.807) is 18.2 Å². The van der Waals surface area contributed by atoms with Crippen molar-refractivity contribution in [2.75, 3.05) is 12.5 Å². The minimum atomic E-state index is -0.874. The fourth-order valence-electron chi connectivity index (χ4n) is 2.34. The zero-order chi connectivity index (χ0) is 15.7. The number of alkyl halides is 1. The van der Waals surface area contributed by atoms with Gasteiger partial charge in [0.1, 0.15) is 17.4 Å². The highest BCUT2D eigenvalue weighted by Crippen LogP contribution is 2.22. The van der Waals surface area contributed by atoms with Crippen LogP contribution in [0.2, 0.25) is 0 Å². The van der Waals surface area contributed by atoms with E-state index in [4.69, 9.17) is 16.3 Å². The summed E-state index contributed by atoms with van der Waals surface area (Å²) in [5, 5.41) is 0.174. The van der Waals surface area contributed by atoms with Gasteiger partial charge in [0.05, 0.1) is 23.0 Å². The van der Waals surface area contributed by atoms with E-state index < -0.39 is 17.1 Å². The lowest BCUT2D eigenvalue weighted by Crippen LogP contribution is -2.07. The van der Waals surface area contributed by atoms with Crippen LogP contribution in [-0.4, -0.2) is 17.5 Å². The molecule has 0 saturated carbocycles. The molecule has 22 heavy (non-hydrogen) atoms. The molecule has 0 fully saturated rings. The highest BCUT2D eigenvalue weighted by atomic mass is 35.5. The highest BCUT2D eigenvalue weighted by Gasteiger charge is 2.12. The first-order valence-electron chi connectivity index (χ1n) is 6.73. The Labute approximate surface area is 129 Å². The maximum absolute atomic E-state index is 13.8. The molecule has 3 aromatic rings. The van der Waals surface area contributed by atoms with Gasteiger partial charge in [0.2, 0.25) is 0 Å². The smallest absolute Gasteiger partial charge is 0.200 e. The molecule has 0 bridgehead atoms. The summed E-state index contributed by atoms with van der Waals surface area (Å²) in [5.74, 6) is -0.562. The van der Waals surface area contributed by atoms with Gasteiger partial charge in [-0.3, -0.25) is 4.79 Å². The molecule has 1 aromatic heterocycles. The molecule has 0 spiro atoms. The van der Waals surface area contributed by atoms with E-state index >= 15 is 0 Å². The number of aromatic amines is 1. The van der Waals surface area contributed by atoms with Crippen LogP contribution < -0.4 is 10.2 Å².